The summed E-state index contributed by atoms with van der Waals surface area (Å²) >= 11 is 0. The van der Waals surface area contributed by atoms with Gasteiger partial charge in [0.25, 0.3) is 51.9 Å². The molecule has 1 amide bonds. The molecule has 0 unspecified atom stereocenters. The summed E-state index contributed by atoms with van der Waals surface area (Å²) in [6.07, 6.45) is 11.2. The van der Waals surface area contributed by atoms with Crippen molar-refractivity contribution in [2.24, 2.45) is 0 Å². The van der Waals surface area contributed by atoms with Gasteiger partial charge < -0.3 is 31.1 Å². The predicted octanol–water partition coefficient (Wildman–Crippen LogP) is 7.22. The SMILES string of the molecule is CC1(C)C(/C=C/C2=C(Oc3ccc(C[C@H](NC(=O)c4ccc(NCc5cnc6nc(N)[nH]c(=O)c6n5)cc4)C(=O)O)cc3)C(=C/C=C3\N(CCCCS(=O)(=O)O)c4ccc(S(=O)(=O)O)cc4C3(C)C)/CCC2)=[N+](CCCCS(=O)(=O)O)c2ccc(S(=O)(=O)O)cc21. The molecule has 1 atom stereocenters. The second-order valence-electron chi connectivity index (χ2n) is 23.2. The van der Waals surface area contributed by atoms with Gasteiger partial charge in [0.1, 0.15) is 24.1 Å². The van der Waals surface area contributed by atoms with Crippen molar-refractivity contribution >= 4 is 92.2 Å². The predicted molar refractivity (Wildman–Crippen MR) is 339 cm³/mol. The summed E-state index contributed by atoms with van der Waals surface area (Å²) in [6, 6.07) is 20.0. The quantitative estimate of drug-likeness (QED) is 0.0155. The molecule has 482 valence electrons. The number of carboxylic acid groups (broad SMARTS) is 1. The highest BCUT2D eigenvalue weighted by molar-refractivity contribution is 7.86. The number of allylic oxidation sites excluding steroid dienone is 7. The molecule has 26 nitrogen and oxygen atoms in total. The Morgan fingerprint density at radius 2 is 1.43 bits per heavy atom. The fraction of sp³-hybridized carbons (Fsp3) is 0.328. The van der Waals surface area contributed by atoms with Crippen LogP contribution in [0.5, 0.6) is 5.75 Å². The van der Waals surface area contributed by atoms with Crippen LogP contribution in [0.2, 0.25) is 0 Å². The molecule has 1 aliphatic carbocycles. The number of nitrogen functional groups attached to an aromatic ring is 1. The maximum absolute atomic E-state index is 13.5. The van der Waals surface area contributed by atoms with Crippen LogP contribution < -0.4 is 31.6 Å². The summed E-state index contributed by atoms with van der Waals surface area (Å²) in [5.41, 5.74) is 10.2. The topological polar surface area (TPSA) is 409 Å². The Balaban J connectivity index is 1.02. The average Bonchev–Trinajstić information content (AvgIpc) is 1.60. The van der Waals surface area contributed by atoms with E-state index in [4.69, 9.17) is 10.5 Å². The van der Waals surface area contributed by atoms with E-state index in [1.807, 2.05) is 61.5 Å². The van der Waals surface area contributed by atoms with Crippen molar-refractivity contribution in [2.75, 3.05) is 40.5 Å². The molecule has 30 heteroatoms. The first-order valence-electron chi connectivity index (χ1n) is 28.7. The van der Waals surface area contributed by atoms with E-state index in [1.54, 1.807) is 48.5 Å². The number of rotatable bonds is 25. The lowest BCUT2D eigenvalue weighted by molar-refractivity contribution is -0.438. The van der Waals surface area contributed by atoms with Crippen LogP contribution in [0, 0.1) is 0 Å². The fourth-order valence-electron chi connectivity index (χ4n) is 11.4. The van der Waals surface area contributed by atoms with Gasteiger partial charge in [-0.15, -0.1) is 0 Å². The number of nitrogens with one attached hydrogen (secondary N) is 3. The van der Waals surface area contributed by atoms with Gasteiger partial charge in [0.2, 0.25) is 11.6 Å². The lowest BCUT2D eigenvalue weighted by atomic mass is 9.81. The number of carbonyl (C=O) groups is 2. The number of carbonyl (C=O) groups excluding carboxylic acids is 1. The Morgan fingerprint density at radius 3 is 2.08 bits per heavy atom. The molecule has 0 saturated carbocycles. The molecule has 10 N–H and O–H groups in total. The molecule has 0 fully saturated rings. The molecule has 6 aromatic rings. The Hall–Kier alpha value is -8.49. The maximum Gasteiger partial charge on any atom is 0.326 e. The zero-order valence-corrected chi connectivity index (χ0v) is 53.1. The number of fused-ring (bicyclic) bond motifs is 3. The van der Waals surface area contributed by atoms with E-state index < -0.39 is 86.3 Å². The Labute approximate surface area is 525 Å². The highest BCUT2D eigenvalue weighted by Crippen LogP contribution is 2.49. The number of ether oxygens (including phenoxy) is 1. The smallest absolute Gasteiger partial charge is 0.326 e. The number of anilines is 3. The van der Waals surface area contributed by atoms with Crippen LogP contribution in [0.3, 0.4) is 0 Å². The number of nitrogens with zero attached hydrogens (tertiary/aromatic N) is 5. The van der Waals surface area contributed by atoms with Crippen LogP contribution in [0.25, 0.3) is 11.2 Å². The minimum atomic E-state index is -4.62. The molecular formula is C61H68N9O17S4+. The Morgan fingerprint density at radius 1 is 0.780 bits per heavy atom. The molecule has 9 rings (SSSR count). The molecule has 0 bridgehead atoms. The summed E-state index contributed by atoms with van der Waals surface area (Å²) in [5, 5.41) is 16.1. The van der Waals surface area contributed by atoms with Crippen molar-refractivity contribution in [1.29, 1.82) is 0 Å². The van der Waals surface area contributed by atoms with Crippen LogP contribution in [0.1, 0.15) is 105 Å². The summed E-state index contributed by atoms with van der Waals surface area (Å²) in [4.78, 5) is 54.6. The van der Waals surface area contributed by atoms with E-state index in [9.17, 15) is 71.4 Å². The lowest BCUT2D eigenvalue weighted by Crippen LogP contribution is -2.42. The first-order chi connectivity index (χ1) is 42.7. The first kappa shape index (κ1) is 66.9. The summed E-state index contributed by atoms with van der Waals surface area (Å²) in [6.45, 7) is 8.18. The molecular weight excluding hydrogens is 1260 g/mol. The molecule has 0 radical (unpaired) electrons. The van der Waals surface area contributed by atoms with Crippen LogP contribution in [-0.4, -0.2) is 130 Å². The van der Waals surface area contributed by atoms with Crippen molar-refractivity contribution in [3.05, 3.63) is 176 Å². The number of H-pyrrole nitrogens is 1. The third-order valence-electron chi connectivity index (χ3n) is 16.0. The highest BCUT2D eigenvalue weighted by Gasteiger charge is 2.45. The van der Waals surface area contributed by atoms with Crippen molar-refractivity contribution in [2.45, 2.75) is 112 Å². The number of benzene rings is 4. The number of hydrogen-bond acceptors (Lipinski definition) is 18. The number of unbranched alkanes of at least 4 members (excludes halogenated alkanes) is 2. The molecule has 91 heavy (non-hydrogen) atoms. The Kier molecular flexibility index (Phi) is 19.4. The van der Waals surface area contributed by atoms with Gasteiger partial charge in [-0.1, -0.05) is 32.1 Å². The zero-order chi connectivity index (χ0) is 66.0. The molecule has 0 spiro atoms. The standard InChI is InChI=1S/C61H67N9O17S4/c1-60(2)46-33-44(90(81,82)83)22-24-49(46)69(28-5-7-30-88(75,76)77)51(60)26-16-38-10-9-11-39(17-27-52-61(3,4)47-34-45(91(84,85)86)23-25-50(47)70(52)29-6-8-31-89(78,79)80)54(38)87-43-20-12-37(13-21-43)32-48(58(73)74)66-56(71)40-14-18-41(19-15-40)63-35-42-36-64-55-53(65-42)57(72)68-59(62)67-55/h12-27,33-34,36,48H,5-11,28-32,35H2,1-4H3,(H9-,62,63,64,66,67,68,71,72,73,74,75,76,77,78,79,80,81,82,83,84,85,86)/p+1/t48-/m0/s1. The monoisotopic (exact) mass is 1330 g/mol. The van der Waals surface area contributed by atoms with Gasteiger partial charge >= 0.3 is 5.97 Å². The van der Waals surface area contributed by atoms with Crippen molar-refractivity contribution in [3.8, 4) is 5.75 Å². The number of aliphatic carboxylic acids is 1. The van der Waals surface area contributed by atoms with Gasteiger partial charge in [0.05, 0.1) is 45.1 Å². The molecule has 0 saturated heterocycles. The van der Waals surface area contributed by atoms with Gasteiger partial charge in [-0.3, -0.25) is 32.8 Å². The van der Waals surface area contributed by atoms with Crippen LogP contribution in [0.4, 0.5) is 23.0 Å². The van der Waals surface area contributed by atoms with Crippen LogP contribution in [0.15, 0.2) is 153 Å². The van der Waals surface area contributed by atoms with Gasteiger partial charge in [-0.25, -0.2) is 14.8 Å². The lowest BCUT2D eigenvalue weighted by Gasteiger charge is -2.27. The van der Waals surface area contributed by atoms with E-state index in [1.165, 1.54) is 42.6 Å². The van der Waals surface area contributed by atoms with Gasteiger partial charge in [-0.05, 0) is 154 Å². The summed E-state index contributed by atoms with van der Waals surface area (Å²) in [5.74, 6) is -2.23. The molecule has 4 aromatic carbocycles. The van der Waals surface area contributed by atoms with E-state index in [0.717, 1.165) is 0 Å². The number of aromatic nitrogens is 4. The number of amides is 1. The number of carboxylic acids is 1. The molecule has 3 aliphatic rings. The second-order valence-corrected chi connectivity index (χ2v) is 29.2. The highest BCUT2D eigenvalue weighted by atomic mass is 32.2. The van der Waals surface area contributed by atoms with E-state index in [-0.39, 0.29) is 71.4 Å². The van der Waals surface area contributed by atoms with E-state index in [2.05, 4.69) is 30.6 Å². The Bertz CT molecular complexity index is 4580. The van der Waals surface area contributed by atoms with Crippen molar-refractivity contribution in [1.82, 2.24) is 25.3 Å². The number of nitrogens with two attached hydrogens (primary N) is 1. The minimum absolute atomic E-state index is 0.0126. The summed E-state index contributed by atoms with van der Waals surface area (Å²) < 4.78 is 144. The van der Waals surface area contributed by atoms with E-state index in [0.29, 0.717) is 106 Å². The fourth-order valence-corrected chi connectivity index (χ4v) is 13.6. The average molecular weight is 1330 g/mol. The van der Waals surface area contributed by atoms with E-state index >= 15 is 0 Å². The minimum Gasteiger partial charge on any atom is -0.480 e. The van der Waals surface area contributed by atoms with Crippen molar-refractivity contribution in [3.63, 3.8) is 0 Å². The van der Waals surface area contributed by atoms with Gasteiger partial charge in [-0.2, -0.15) is 43.2 Å². The molecule has 2 aliphatic heterocycles. The number of aromatic amines is 1. The second kappa shape index (κ2) is 26.4. The third kappa shape index (κ3) is 16.0. The zero-order valence-electron chi connectivity index (χ0n) is 49.8. The van der Waals surface area contributed by atoms with Gasteiger partial charge in [0, 0.05) is 65.1 Å². The third-order valence-corrected chi connectivity index (χ3v) is 19.4. The summed E-state index contributed by atoms with van der Waals surface area (Å²) in [7, 11) is -17.8. The van der Waals surface area contributed by atoms with Gasteiger partial charge in [0.15, 0.2) is 16.9 Å². The molecule has 2 aromatic heterocycles. The largest absolute Gasteiger partial charge is 0.480 e. The van der Waals surface area contributed by atoms with Crippen molar-refractivity contribution < 1.29 is 75.9 Å². The first-order valence-corrected chi connectivity index (χ1v) is 34.8. The normalized spacial score (nSPS) is 17.0. The molecule has 4 heterocycles. The number of hydrogen-bond donors (Lipinski definition) is 9. The van der Waals surface area contributed by atoms with Crippen LogP contribution >= 0.6 is 0 Å². The van der Waals surface area contributed by atoms with Crippen LogP contribution in [-0.2, 0) is 69.1 Å². The maximum atomic E-state index is 13.5.